The molecule has 134 valence electrons. The lowest BCUT2D eigenvalue weighted by Gasteiger charge is -2.67. The summed E-state index contributed by atoms with van der Waals surface area (Å²) >= 11 is 0. The first-order chi connectivity index (χ1) is 10.9. The minimum Gasteiger partial charge on any atom is -0.421 e. The van der Waals surface area contributed by atoms with Crippen molar-refractivity contribution in [3.63, 3.8) is 0 Å². The molecule has 0 aromatic heterocycles. The fourth-order valence-electron chi connectivity index (χ4n) is 5.70. The summed E-state index contributed by atoms with van der Waals surface area (Å²) in [6, 6.07) is 0. The lowest BCUT2D eigenvalue weighted by molar-refractivity contribution is -0.350. The van der Waals surface area contributed by atoms with Crippen molar-refractivity contribution in [3.8, 4) is 0 Å². The first-order valence-corrected chi connectivity index (χ1v) is 9.02. The molecule has 1 aliphatic heterocycles. The van der Waals surface area contributed by atoms with Crippen LogP contribution in [0.4, 0.5) is 0 Å². The molecular formula is C20H30O4. The largest absolute Gasteiger partial charge is 0.421 e. The van der Waals surface area contributed by atoms with Gasteiger partial charge in [0, 0.05) is 11.8 Å². The van der Waals surface area contributed by atoms with Gasteiger partial charge >= 0.3 is 11.9 Å². The quantitative estimate of drug-likeness (QED) is 0.409. The molecule has 3 aliphatic rings. The maximum absolute atomic E-state index is 11.9. The Hall–Kier alpha value is -1.32. The van der Waals surface area contributed by atoms with Crippen LogP contribution in [0.2, 0.25) is 0 Å². The lowest BCUT2D eigenvalue weighted by Crippen LogP contribution is -2.71. The lowest BCUT2D eigenvalue weighted by atomic mass is 9.41. The summed E-state index contributed by atoms with van der Waals surface area (Å²) in [5.74, 6) is -1.68. The van der Waals surface area contributed by atoms with E-state index in [1.54, 1.807) is 0 Å². The van der Waals surface area contributed by atoms with E-state index in [0.29, 0.717) is 12.3 Å². The SMILES string of the molecule is CCC1=CC2C3(CC2(C(C)(C)C)C1C(C)(C)C)OC(=O)CC(=O)O3. The van der Waals surface area contributed by atoms with Crippen molar-refractivity contribution in [3.05, 3.63) is 11.6 Å². The predicted octanol–water partition coefficient (Wildman–Crippen LogP) is 4.24. The van der Waals surface area contributed by atoms with Gasteiger partial charge in [-0.25, -0.2) is 0 Å². The van der Waals surface area contributed by atoms with Gasteiger partial charge in [-0.3, -0.25) is 9.59 Å². The van der Waals surface area contributed by atoms with Crippen molar-refractivity contribution in [2.75, 3.05) is 0 Å². The molecule has 2 fully saturated rings. The third kappa shape index (κ3) is 2.11. The third-order valence-electron chi connectivity index (χ3n) is 6.37. The zero-order chi connectivity index (χ0) is 18.1. The molecule has 0 amide bonds. The molecule has 0 radical (unpaired) electrons. The molecule has 0 aromatic rings. The Kier molecular flexibility index (Phi) is 3.54. The van der Waals surface area contributed by atoms with Crippen LogP contribution in [-0.2, 0) is 19.1 Å². The number of carbonyl (C=O) groups is 2. The maximum atomic E-state index is 11.9. The summed E-state index contributed by atoms with van der Waals surface area (Å²) in [6.07, 6.45) is 3.53. The summed E-state index contributed by atoms with van der Waals surface area (Å²) in [7, 11) is 0. The van der Waals surface area contributed by atoms with Gasteiger partial charge in [0.1, 0.15) is 6.42 Å². The van der Waals surface area contributed by atoms with Crippen molar-refractivity contribution in [1.82, 2.24) is 0 Å². The number of hydrogen-bond donors (Lipinski definition) is 0. The average Bonchev–Trinajstić information content (AvgIpc) is 2.67. The average molecular weight is 334 g/mol. The summed E-state index contributed by atoms with van der Waals surface area (Å²) in [5.41, 5.74) is 1.43. The van der Waals surface area contributed by atoms with E-state index in [2.05, 4.69) is 54.5 Å². The van der Waals surface area contributed by atoms with Gasteiger partial charge in [-0.15, -0.1) is 0 Å². The molecule has 3 unspecified atom stereocenters. The Morgan fingerprint density at radius 3 is 2.04 bits per heavy atom. The van der Waals surface area contributed by atoms with E-state index >= 15 is 0 Å². The van der Waals surface area contributed by atoms with E-state index in [0.717, 1.165) is 6.42 Å². The van der Waals surface area contributed by atoms with E-state index < -0.39 is 17.7 Å². The summed E-state index contributed by atoms with van der Waals surface area (Å²) in [5, 5.41) is 0. The smallest absolute Gasteiger partial charge is 0.320 e. The molecule has 24 heavy (non-hydrogen) atoms. The van der Waals surface area contributed by atoms with Gasteiger partial charge in [0.25, 0.3) is 5.79 Å². The van der Waals surface area contributed by atoms with Gasteiger partial charge in [0.05, 0.1) is 5.92 Å². The van der Waals surface area contributed by atoms with E-state index in [1.807, 2.05) is 0 Å². The first-order valence-electron chi connectivity index (χ1n) is 9.02. The first kappa shape index (κ1) is 17.5. The number of rotatable bonds is 1. The molecular weight excluding hydrogens is 304 g/mol. The Bertz CT molecular complexity index is 601. The van der Waals surface area contributed by atoms with Crippen LogP contribution in [0.25, 0.3) is 0 Å². The number of esters is 2. The van der Waals surface area contributed by atoms with Crippen LogP contribution in [0.3, 0.4) is 0 Å². The van der Waals surface area contributed by atoms with Crippen LogP contribution >= 0.6 is 0 Å². The molecule has 1 saturated carbocycles. The van der Waals surface area contributed by atoms with E-state index in [9.17, 15) is 9.59 Å². The van der Waals surface area contributed by atoms with Crippen LogP contribution in [0.15, 0.2) is 11.6 Å². The van der Waals surface area contributed by atoms with Crippen molar-refractivity contribution >= 4 is 11.9 Å². The fourth-order valence-corrected chi connectivity index (χ4v) is 5.70. The van der Waals surface area contributed by atoms with Crippen molar-refractivity contribution in [1.29, 1.82) is 0 Å². The second kappa shape index (κ2) is 4.86. The highest BCUT2D eigenvalue weighted by atomic mass is 16.7. The molecule has 2 aliphatic carbocycles. The Morgan fingerprint density at radius 1 is 1.08 bits per heavy atom. The standard InChI is InChI=1S/C20H30O4/c1-8-12-9-13-19(18(5,6)7,16(12)17(2,3)4)11-20(13)23-14(21)10-15(22)24-20/h9,13,16H,8,10-11H2,1-7H3. The Labute approximate surface area is 145 Å². The molecule has 1 heterocycles. The van der Waals surface area contributed by atoms with Gasteiger partial charge in [-0.2, -0.15) is 0 Å². The number of hydrogen-bond acceptors (Lipinski definition) is 4. The predicted molar refractivity (Wildman–Crippen MR) is 90.8 cm³/mol. The minimum atomic E-state index is -1.08. The zero-order valence-corrected chi connectivity index (χ0v) is 16.0. The van der Waals surface area contributed by atoms with Crippen LogP contribution < -0.4 is 0 Å². The summed E-state index contributed by atoms with van der Waals surface area (Å²) < 4.78 is 11.3. The van der Waals surface area contributed by atoms with E-state index in [-0.39, 0.29) is 28.6 Å². The van der Waals surface area contributed by atoms with Crippen LogP contribution in [0.5, 0.6) is 0 Å². The fraction of sp³-hybridized carbons (Fsp3) is 0.800. The molecule has 0 bridgehead atoms. The molecule has 1 saturated heterocycles. The Morgan fingerprint density at radius 2 is 1.62 bits per heavy atom. The summed E-state index contributed by atoms with van der Waals surface area (Å²) in [4.78, 5) is 23.8. The Balaban J connectivity index is 2.10. The van der Waals surface area contributed by atoms with Crippen molar-refractivity contribution in [2.24, 2.45) is 28.1 Å². The molecule has 4 nitrogen and oxygen atoms in total. The molecule has 3 atom stereocenters. The van der Waals surface area contributed by atoms with Crippen LogP contribution in [0, 0.1) is 28.1 Å². The number of allylic oxidation sites excluding steroid dienone is 1. The van der Waals surface area contributed by atoms with Crippen molar-refractivity contribution < 1.29 is 19.1 Å². The van der Waals surface area contributed by atoms with Crippen LogP contribution in [-0.4, -0.2) is 17.7 Å². The van der Waals surface area contributed by atoms with Gasteiger partial charge in [0.2, 0.25) is 0 Å². The topological polar surface area (TPSA) is 52.6 Å². The highest BCUT2D eigenvalue weighted by Gasteiger charge is 2.77. The molecule has 4 heteroatoms. The summed E-state index contributed by atoms with van der Waals surface area (Å²) in [6.45, 7) is 15.8. The highest BCUT2D eigenvalue weighted by Crippen LogP contribution is 2.75. The van der Waals surface area contributed by atoms with E-state index in [1.165, 1.54) is 5.57 Å². The zero-order valence-electron chi connectivity index (χ0n) is 16.0. The third-order valence-corrected chi connectivity index (χ3v) is 6.37. The van der Waals surface area contributed by atoms with Gasteiger partial charge in [0.15, 0.2) is 0 Å². The molecule has 1 spiro atoms. The molecule has 3 rings (SSSR count). The highest BCUT2D eigenvalue weighted by molar-refractivity contribution is 5.93. The second-order valence-corrected chi connectivity index (χ2v) is 9.78. The molecule has 0 N–H and O–H groups in total. The van der Waals surface area contributed by atoms with Gasteiger partial charge in [-0.05, 0) is 23.2 Å². The second-order valence-electron chi connectivity index (χ2n) is 9.78. The van der Waals surface area contributed by atoms with Crippen LogP contribution in [0.1, 0.15) is 67.7 Å². The van der Waals surface area contributed by atoms with Gasteiger partial charge in [-0.1, -0.05) is 60.1 Å². The maximum Gasteiger partial charge on any atom is 0.320 e. The number of fused-ring (bicyclic) bond motifs is 2. The van der Waals surface area contributed by atoms with E-state index in [4.69, 9.17) is 9.47 Å². The monoisotopic (exact) mass is 334 g/mol. The number of carbonyl (C=O) groups excluding carboxylic acids is 2. The number of ether oxygens (including phenoxy) is 2. The minimum absolute atomic E-state index is 0.00451. The van der Waals surface area contributed by atoms with Gasteiger partial charge < -0.3 is 9.47 Å². The molecule has 0 aromatic carbocycles. The van der Waals surface area contributed by atoms with Crippen molar-refractivity contribution in [2.45, 2.75) is 73.5 Å². The normalized spacial score (nSPS) is 35.0.